The summed E-state index contributed by atoms with van der Waals surface area (Å²) < 4.78 is 13.0. The predicted octanol–water partition coefficient (Wildman–Crippen LogP) is 2.44. The van der Waals surface area contributed by atoms with Crippen LogP contribution in [-0.4, -0.2) is 38.6 Å². The van der Waals surface area contributed by atoms with Crippen LogP contribution < -0.4 is 0 Å². The first kappa shape index (κ1) is 17.5. The predicted molar refractivity (Wildman–Crippen MR) is 90.2 cm³/mol. The van der Waals surface area contributed by atoms with E-state index in [1.54, 1.807) is 29.2 Å². The summed E-state index contributed by atoms with van der Waals surface area (Å²) in [5, 5.41) is 19.6. The molecule has 0 radical (unpaired) electrons. The monoisotopic (exact) mass is 344 g/mol. The van der Waals surface area contributed by atoms with Gasteiger partial charge in [0.25, 0.3) is 5.91 Å². The molecular weight excluding hydrogens is 323 g/mol. The van der Waals surface area contributed by atoms with Gasteiger partial charge < -0.3 is 15.1 Å². The summed E-state index contributed by atoms with van der Waals surface area (Å²) >= 11 is 0. The van der Waals surface area contributed by atoms with Gasteiger partial charge in [-0.25, -0.2) is 4.39 Å². The molecule has 1 aliphatic rings. The Balaban J connectivity index is 1.71. The zero-order valence-corrected chi connectivity index (χ0v) is 13.8. The number of carbonyl (C=O) groups excluding carboxylic acids is 1. The van der Waals surface area contributed by atoms with Crippen molar-refractivity contribution in [3.63, 3.8) is 0 Å². The van der Waals surface area contributed by atoms with Gasteiger partial charge in [0.2, 0.25) is 0 Å². The molecule has 3 rings (SSSR count). The lowest BCUT2D eigenvalue weighted by Gasteiger charge is -2.27. The molecule has 0 saturated carbocycles. The van der Waals surface area contributed by atoms with E-state index >= 15 is 0 Å². The molecule has 2 atom stereocenters. The summed E-state index contributed by atoms with van der Waals surface area (Å²) in [6.07, 6.45) is 2.88. The molecule has 0 bridgehead atoms. The number of amides is 1. The molecule has 2 aromatic rings. The van der Waals surface area contributed by atoms with E-state index in [0.717, 1.165) is 12.8 Å². The summed E-state index contributed by atoms with van der Waals surface area (Å²) in [6, 6.07) is 8.93. The molecule has 2 heterocycles. The van der Waals surface area contributed by atoms with Crippen molar-refractivity contribution in [2.75, 3.05) is 6.54 Å². The molecule has 0 aliphatic carbocycles. The number of carbonyl (C=O) groups is 1. The van der Waals surface area contributed by atoms with Crippen molar-refractivity contribution in [1.29, 1.82) is 0 Å². The number of hydrogen-bond acceptors (Lipinski definition) is 4. The highest BCUT2D eigenvalue weighted by molar-refractivity contribution is 5.94. The number of aromatic nitrogens is 1. The Morgan fingerprint density at radius 1 is 1.32 bits per heavy atom. The smallest absolute Gasteiger partial charge is 0.254 e. The normalized spacial score (nSPS) is 18.4. The van der Waals surface area contributed by atoms with E-state index in [2.05, 4.69) is 4.98 Å². The third kappa shape index (κ3) is 4.03. The first-order chi connectivity index (χ1) is 12.1. The van der Waals surface area contributed by atoms with Crippen LogP contribution in [0.15, 0.2) is 42.6 Å². The molecule has 1 aliphatic heterocycles. The summed E-state index contributed by atoms with van der Waals surface area (Å²) in [6.45, 7) is 0.421. The van der Waals surface area contributed by atoms with Crippen molar-refractivity contribution in [3.05, 3.63) is 65.2 Å². The number of benzene rings is 1. The summed E-state index contributed by atoms with van der Waals surface area (Å²) in [5.41, 5.74) is 1.59. The number of aliphatic hydroxyl groups is 2. The Hall–Kier alpha value is -2.31. The number of nitrogens with zero attached hydrogens (tertiary/aromatic N) is 2. The van der Waals surface area contributed by atoms with Crippen LogP contribution in [0.3, 0.4) is 0 Å². The lowest BCUT2D eigenvalue weighted by Crippen LogP contribution is -2.36. The highest BCUT2D eigenvalue weighted by atomic mass is 19.1. The minimum absolute atomic E-state index is 0.0710. The zero-order valence-electron chi connectivity index (χ0n) is 13.8. The van der Waals surface area contributed by atoms with Crippen molar-refractivity contribution < 1.29 is 19.4 Å². The summed E-state index contributed by atoms with van der Waals surface area (Å²) in [7, 11) is 0. The Bertz CT molecular complexity index is 736. The van der Waals surface area contributed by atoms with E-state index < -0.39 is 6.10 Å². The first-order valence-electron chi connectivity index (χ1n) is 8.39. The Labute approximate surface area is 145 Å². The van der Waals surface area contributed by atoms with Crippen LogP contribution in [0.2, 0.25) is 0 Å². The third-order valence-electron chi connectivity index (χ3n) is 4.61. The third-order valence-corrected chi connectivity index (χ3v) is 4.61. The van der Waals surface area contributed by atoms with Crippen molar-refractivity contribution >= 4 is 5.91 Å². The van der Waals surface area contributed by atoms with Gasteiger partial charge in [0.15, 0.2) is 0 Å². The van der Waals surface area contributed by atoms with E-state index in [-0.39, 0.29) is 24.4 Å². The average Bonchev–Trinajstić information content (AvgIpc) is 3.09. The van der Waals surface area contributed by atoms with Gasteiger partial charge in [0.05, 0.1) is 18.4 Å². The van der Waals surface area contributed by atoms with Crippen LogP contribution in [0, 0.1) is 5.82 Å². The van der Waals surface area contributed by atoms with E-state index in [1.165, 1.54) is 18.3 Å². The maximum atomic E-state index is 13.0. The van der Waals surface area contributed by atoms with Crippen LogP contribution in [0.25, 0.3) is 0 Å². The van der Waals surface area contributed by atoms with Crippen molar-refractivity contribution in [2.24, 2.45) is 0 Å². The molecule has 25 heavy (non-hydrogen) atoms. The molecule has 1 fully saturated rings. The van der Waals surface area contributed by atoms with E-state index in [9.17, 15) is 19.4 Å². The molecule has 1 amide bonds. The van der Waals surface area contributed by atoms with Crippen molar-refractivity contribution in [2.45, 2.75) is 38.0 Å². The van der Waals surface area contributed by atoms with E-state index in [4.69, 9.17) is 0 Å². The highest BCUT2D eigenvalue weighted by Crippen LogP contribution is 2.28. The highest BCUT2D eigenvalue weighted by Gasteiger charge is 2.31. The summed E-state index contributed by atoms with van der Waals surface area (Å²) in [5.74, 6) is -0.461. The van der Waals surface area contributed by atoms with Gasteiger partial charge in [0.1, 0.15) is 5.82 Å². The fourth-order valence-electron chi connectivity index (χ4n) is 3.29. The van der Waals surface area contributed by atoms with Gasteiger partial charge in [-0.2, -0.15) is 0 Å². The van der Waals surface area contributed by atoms with Gasteiger partial charge >= 0.3 is 0 Å². The van der Waals surface area contributed by atoms with E-state index in [1.807, 2.05) is 0 Å². The molecule has 2 unspecified atom stereocenters. The molecule has 1 aromatic carbocycles. The molecule has 1 saturated heterocycles. The quantitative estimate of drug-likeness (QED) is 0.874. The molecule has 5 nitrogen and oxygen atoms in total. The number of aliphatic hydroxyl groups excluding tert-OH is 2. The SMILES string of the molecule is O=C(c1ccnc(CO)c1)N1CCCC1CC(O)c1ccc(F)cc1. The van der Waals surface area contributed by atoms with Crippen LogP contribution in [-0.2, 0) is 6.61 Å². The number of rotatable bonds is 5. The zero-order chi connectivity index (χ0) is 17.8. The van der Waals surface area contributed by atoms with Crippen molar-refractivity contribution in [1.82, 2.24) is 9.88 Å². The number of halogens is 1. The number of pyridine rings is 1. The van der Waals surface area contributed by atoms with Crippen LogP contribution in [0.4, 0.5) is 4.39 Å². The average molecular weight is 344 g/mol. The van der Waals surface area contributed by atoms with Gasteiger partial charge in [-0.3, -0.25) is 9.78 Å². The minimum atomic E-state index is -0.746. The van der Waals surface area contributed by atoms with Gasteiger partial charge in [-0.15, -0.1) is 0 Å². The molecule has 2 N–H and O–H groups in total. The van der Waals surface area contributed by atoms with Gasteiger partial charge in [-0.1, -0.05) is 12.1 Å². The second kappa shape index (κ2) is 7.72. The van der Waals surface area contributed by atoms with Crippen LogP contribution in [0.1, 0.15) is 47.0 Å². The summed E-state index contributed by atoms with van der Waals surface area (Å²) in [4.78, 5) is 18.5. The molecular formula is C19H21FN2O3. The topological polar surface area (TPSA) is 73.7 Å². The Kier molecular flexibility index (Phi) is 5.40. The first-order valence-corrected chi connectivity index (χ1v) is 8.39. The van der Waals surface area contributed by atoms with Crippen LogP contribution >= 0.6 is 0 Å². The Morgan fingerprint density at radius 3 is 2.80 bits per heavy atom. The molecule has 132 valence electrons. The fourth-order valence-corrected chi connectivity index (χ4v) is 3.29. The molecule has 6 heteroatoms. The molecule has 0 spiro atoms. The Morgan fingerprint density at radius 2 is 2.08 bits per heavy atom. The van der Waals surface area contributed by atoms with Crippen molar-refractivity contribution in [3.8, 4) is 0 Å². The molecule has 1 aromatic heterocycles. The van der Waals surface area contributed by atoms with Crippen LogP contribution in [0.5, 0.6) is 0 Å². The number of likely N-dealkylation sites (tertiary alicyclic amines) is 1. The fraction of sp³-hybridized carbons (Fsp3) is 0.368. The maximum Gasteiger partial charge on any atom is 0.254 e. The number of hydrogen-bond donors (Lipinski definition) is 2. The largest absolute Gasteiger partial charge is 0.390 e. The van der Waals surface area contributed by atoms with Gasteiger partial charge in [0, 0.05) is 24.3 Å². The lowest BCUT2D eigenvalue weighted by atomic mass is 10.00. The van der Waals surface area contributed by atoms with Gasteiger partial charge in [-0.05, 0) is 49.1 Å². The second-order valence-corrected chi connectivity index (χ2v) is 6.29. The van der Waals surface area contributed by atoms with E-state index in [0.29, 0.717) is 29.8 Å². The second-order valence-electron chi connectivity index (χ2n) is 6.29. The maximum absolute atomic E-state index is 13.0. The standard InChI is InChI=1S/C19H21FN2O3/c20-15-5-3-13(4-6-15)18(24)11-17-2-1-9-22(17)19(25)14-7-8-21-16(10-14)12-23/h3-8,10,17-18,23-24H,1-2,9,11-12H2. The minimum Gasteiger partial charge on any atom is -0.390 e. The lowest BCUT2D eigenvalue weighted by molar-refractivity contribution is 0.0666.